The van der Waals surface area contributed by atoms with Crippen molar-refractivity contribution in [3.05, 3.63) is 60.2 Å². The number of carbonyl (C=O) groups is 1. The third-order valence-corrected chi connectivity index (χ3v) is 4.25. The highest BCUT2D eigenvalue weighted by atomic mass is 19.1. The van der Waals surface area contributed by atoms with Crippen molar-refractivity contribution < 1.29 is 23.4 Å². The molecule has 0 bridgehead atoms. The molecule has 1 N–H and O–H groups in total. The number of anilines is 1. The first-order valence-electron chi connectivity index (χ1n) is 9.33. The number of aromatic nitrogens is 2. The lowest BCUT2D eigenvalue weighted by Gasteiger charge is -2.18. The van der Waals surface area contributed by atoms with Gasteiger partial charge in [-0.05, 0) is 42.8 Å². The maximum Gasteiger partial charge on any atom is 0.280 e. The summed E-state index contributed by atoms with van der Waals surface area (Å²) in [6.07, 6.45) is 2.40. The van der Waals surface area contributed by atoms with Gasteiger partial charge in [0.25, 0.3) is 5.91 Å². The smallest absolute Gasteiger partial charge is 0.280 e. The number of carbonyl (C=O) groups excluding carboxylic acids is 1. The number of ether oxygens (including phenoxy) is 3. The summed E-state index contributed by atoms with van der Waals surface area (Å²) < 4.78 is 31.4. The van der Waals surface area contributed by atoms with Crippen molar-refractivity contribution in [1.29, 1.82) is 0 Å². The van der Waals surface area contributed by atoms with Crippen LogP contribution in [-0.2, 0) is 0 Å². The molecular formula is C21H20FN3O4. The van der Waals surface area contributed by atoms with Crippen molar-refractivity contribution in [1.82, 2.24) is 9.78 Å². The SMILES string of the molecule is CCCOc1cn(-c2ccc(F)cc2)nc1C(=O)Nc1ccc2c(c1)OCCO2. The highest BCUT2D eigenvalue weighted by molar-refractivity contribution is 6.04. The van der Waals surface area contributed by atoms with Crippen molar-refractivity contribution in [3.63, 3.8) is 0 Å². The van der Waals surface area contributed by atoms with Gasteiger partial charge in [-0.15, -0.1) is 0 Å². The molecule has 3 aromatic rings. The van der Waals surface area contributed by atoms with E-state index in [-0.39, 0.29) is 11.5 Å². The third-order valence-electron chi connectivity index (χ3n) is 4.25. The summed E-state index contributed by atoms with van der Waals surface area (Å²) >= 11 is 0. The van der Waals surface area contributed by atoms with Crippen LogP contribution in [0, 0.1) is 5.82 Å². The minimum absolute atomic E-state index is 0.137. The molecule has 0 saturated heterocycles. The first kappa shape index (κ1) is 18.8. The number of fused-ring (bicyclic) bond motifs is 1. The van der Waals surface area contributed by atoms with Gasteiger partial charge in [-0.2, -0.15) is 5.10 Å². The average Bonchev–Trinajstić information content (AvgIpc) is 3.17. The van der Waals surface area contributed by atoms with Crippen LogP contribution in [0.5, 0.6) is 17.2 Å². The lowest BCUT2D eigenvalue weighted by molar-refractivity contribution is 0.101. The molecule has 0 fully saturated rings. The topological polar surface area (TPSA) is 74.6 Å². The standard InChI is InChI=1S/C21H20FN3O4/c1-2-9-27-19-13-25(16-6-3-14(22)4-7-16)24-20(19)21(26)23-15-5-8-17-18(12-15)29-11-10-28-17/h3-8,12-13H,2,9-11H2,1H3,(H,23,26). The molecule has 150 valence electrons. The molecule has 0 unspecified atom stereocenters. The Morgan fingerprint density at radius 3 is 2.69 bits per heavy atom. The third kappa shape index (κ3) is 4.16. The zero-order valence-corrected chi connectivity index (χ0v) is 15.9. The Labute approximate surface area is 167 Å². The summed E-state index contributed by atoms with van der Waals surface area (Å²) in [6.45, 7) is 3.37. The molecular weight excluding hydrogens is 377 g/mol. The second kappa shape index (κ2) is 8.22. The van der Waals surface area contributed by atoms with E-state index in [2.05, 4.69) is 10.4 Å². The van der Waals surface area contributed by atoms with E-state index < -0.39 is 5.91 Å². The van der Waals surface area contributed by atoms with Crippen LogP contribution in [-0.4, -0.2) is 35.5 Å². The van der Waals surface area contributed by atoms with Gasteiger partial charge < -0.3 is 19.5 Å². The Bertz CT molecular complexity index is 1020. The van der Waals surface area contributed by atoms with Gasteiger partial charge in [0.15, 0.2) is 22.9 Å². The van der Waals surface area contributed by atoms with Gasteiger partial charge in [-0.3, -0.25) is 4.79 Å². The first-order chi connectivity index (χ1) is 14.1. The summed E-state index contributed by atoms with van der Waals surface area (Å²) in [7, 11) is 0. The molecule has 1 amide bonds. The maximum atomic E-state index is 13.2. The number of nitrogens with zero attached hydrogens (tertiary/aromatic N) is 2. The van der Waals surface area contributed by atoms with E-state index in [0.29, 0.717) is 48.4 Å². The summed E-state index contributed by atoms with van der Waals surface area (Å²) in [4.78, 5) is 12.9. The van der Waals surface area contributed by atoms with Crippen LogP contribution in [0.15, 0.2) is 48.7 Å². The fraction of sp³-hybridized carbons (Fsp3) is 0.238. The number of nitrogens with one attached hydrogen (secondary N) is 1. The van der Waals surface area contributed by atoms with Crippen molar-refractivity contribution in [3.8, 4) is 22.9 Å². The predicted octanol–water partition coefficient (Wildman–Crippen LogP) is 3.82. The number of hydrogen-bond donors (Lipinski definition) is 1. The Hall–Kier alpha value is -3.55. The lowest BCUT2D eigenvalue weighted by atomic mass is 10.2. The van der Waals surface area contributed by atoms with Gasteiger partial charge in [0.1, 0.15) is 19.0 Å². The number of benzene rings is 2. The molecule has 1 aliphatic heterocycles. The van der Waals surface area contributed by atoms with Crippen molar-refractivity contribution in [2.24, 2.45) is 0 Å². The normalized spacial score (nSPS) is 12.5. The van der Waals surface area contributed by atoms with Crippen molar-refractivity contribution >= 4 is 11.6 Å². The van der Waals surface area contributed by atoms with Crippen LogP contribution < -0.4 is 19.5 Å². The molecule has 7 nitrogen and oxygen atoms in total. The van der Waals surface area contributed by atoms with E-state index >= 15 is 0 Å². The highest BCUT2D eigenvalue weighted by Crippen LogP contribution is 2.33. The van der Waals surface area contributed by atoms with Gasteiger partial charge in [0, 0.05) is 11.8 Å². The van der Waals surface area contributed by atoms with Crippen LogP contribution in [0.1, 0.15) is 23.8 Å². The van der Waals surface area contributed by atoms with Gasteiger partial charge in [0.05, 0.1) is 18.5 Å². The molecule has 2 aromatic carbocycles. The number of halogens is 1. The second-order valence-electron chi connectivity index (χ2n) is 6.42. The van der Waals surface area contributed by atoms with Gasteiger partial charge in [0.2, 0.25) is 0 Å². The Morgan fingerprint density at radius 1 is 1.17 bits per heavy atom. The quantitative estimate of drug-likeness (QED) is 0.684. The zero-order chi connectivity index (χ0) is 20.2. The summed E-state index contributed by atoms with van der Waals surface area (Å²) in [5.74, 6) is 0.801. The van der Waals surface area contributed by atoms with Gasteiger partial charge in [-0.25, -0.2) is 9.07 Å². The molecule has 0 radical (unpaired) electrons. The maximum absolute atomic E-state index is 13.2. The van der Waals surface area contributed by atoms with Crippen LogP contribution >= 0.6 is 0 Å². The van der Waals surface area contributed by atoms with E-state index in [1.165, 1.54) is 16.8 Å². The van der Waals surface area contributed by atoms with E-state index in [1.54, 1.807) is 36.5 Å². The number of hydrogen-bond acceptors (Lipinski definition) is 5. The minimum atomic E-state index is -0.423. The average molecular weight is 397 g/mol. The number of amides is 1. The fourth-order valence-electron chi connectivity index (χ4n) is 2.87. The molecule has 0 spiro atoms. The van der Waals surface area contributed by atoms with Crippen LogP contribution in [0.25, 0.3) is 5.69 Å². The molecule has 0 atom stereocenters. The van der Waals surface area contributed by atoms with Crippen LogP contribution in [0.3, 0.4) is 0 Å². The lowest BCUT2D eigenvalue weighted by Crippen LogP contribution is -2.17. The van der Waals surface area contributed by atoms with E-state index in [4.69, 9.17) is 14.2 Å². The van der Waals surface area contributed by atoms with Crippen molar-refractivity contribution in [2.75, 3.05) is 25.1 Å². The van der Waals surface area contributed by atoms with Crippen LogP contribution in [0.2, 0.25) is 0 Å². The largest absolute Gasteiger partial charge is 0.489 e. The zero-order valence-electron chi connectivity index (χ0n) is 15.9. The van der Waals surface area contributed by atoms with Gasteiger partial charge in [-0.1, -0.05) is 6.92 Å². The molecule has 1 aromatic heterocycles. The van der Waals surface area contributed by atoms with E-state index in [9.17, 15) is 9.18 Å². The Balaban J connectivity index is 1.60. The summed E-state index contributed by atoms with van der Waals surface area (Å²) in [6, 6.07) is 11.0. The molecule has 0 saturated carbocycles. The van der Waals surface area contributed by atoms with E-state index in [0.717, 1.165) is 6.42 Å². The summed E-state index contributed by atoms with van der Waals surface area (Å²) in [5, 5.41) is 7.16. The molecule has 2 heterocycles. The summed E-state index contributed by atoms with van der Waals surface area (Å²) in [5.41, 5.74) is 1.31. The highest BCUT2D eigenvalue weighted by Gasteiger charge is 2.20. The molecule has 8 heteroatoms. The molecule has 0 aliphatic carbocycles. The Morgan fingerprint density at radius 2 is 1.93 bits per heavy atom. The minimum Gasteiger partial charge on any atom is -0.489 e. The molecule has 1 aliphatic rings. The fourth-order valence-corrected chi connectivity index (χ4v) is 2.87. The Kier molecular flexibility index (Phi) is 5.33. The predicted molar refractivity (Wildman–Crippen MR) is 105 cm³/mol. The van der Waals surface area contributed by atoms with Crippen molar-refractivity contribution in [2.45, 2.75) is 13.3 Å². The first-order valence-corrected chi connectivity index (χ1v) is 9.33. The number of rotatable bonds is 6. The molecule has 29 heavy (non-hydrogen) atoms. The van der Waals surface area contributed by atoms with Crippen LogP contribution in [0.4, 0.5) is 10.1 Å². The second-order valence-corrected chi connectivity index (χ2v) is 6.42. The van der Waals surface area contributed by atoms with E-state index in [1.807, 2.05) is 6.92 Å². The molecule has 4 rings (SSSR count). The van der Waals surface area contributed by atoms with Gasteiger partial charge >= 0.3 is 0 Å². The monoisotopic (exact) mass is 397 g/mol.